The summed E-state index contributed by atoms with van der Waals surface area (Å²) in [4.78, 5) is 1.51. The third-order valence-corrected chi connectivity index (χ3v) is 2.15. The van der Waals surface area contributed by atoms with Gasteiger partial charge in [0.15, 0.2) is 0 Å². The van der Waals surface area contributed by atoms with Crippen LogP contribution in [0.15, 0.2) is 30.6 Å². The molecule has 0 unspecified atom stereocenters. The first kappa shape index (κ1) is 11.0. The van der Waals surface area contributed by atoms with Crippen LogP contribution in [-0.2, 0) is 0 Å². The summed E-state index contributed by atoms with van der Waals surface area (Å²) in [7, 11) is 0. The third-order valence-electron chi connectivity index (χ3n) is 1.92. The van der Waals surface area contributed by atoms with Crippen LogP contribution in [0.3, 0.4) is 0 Å². The summed E-state index contributed by atoms with van der Waals surface area (Å²) >= 11 is 5.93. The van der Waals surface area contributed by atoms with Gasteiger partial charge in [0.1, 0.15) is 11.4 Å². The van der Waals surface area contributed by atoms with Crippen LogP contribution in [0.5, 0.6) is 5.75 Å². The van der Waals surface area contributed by atoms with E-state index in [0.29, 0.717) is 10.8 Å². The molecule has 0 fully saturated rings. The van der Waals surface area contributed by atoms with Gasteiger partial charge in [0.05, 0.1) is 18.5 Å². The number of ether oxygens (including phenoxy) is 1. The molecule has 2 aromatic rings. The van der Waals surface area contributed by atoms with Crippen LogP contribution < -0.4 is 4.74 Å². The Morgan fingerprint density at radius 2 is 1.94 bits per heavy atom. The highest BCUT2D eigenvalue weighted by Gasteiger charge is 2.09. The lowest BCUT2D eigenvalue weighted by molar-refractivity contribution is 0.241. The number of hydrogen-bond donors (Lipinski definition) is 0. The van der Waals surface area contributed by atoms with Gasteiger partial charge in [-0.15, -0.1) is 4.80 Å². The first-order valence-corrected chi connectivity index (χ1v) is 5.37. The van der Waals surface area contributed by atoms with E-state index in [-0.39, 0.29) is 6.10 Å². The molecule has 84 valence electrons. The van der Waals surface area contributed by atoms with Crippen LogP contribution in [0.25, 0.3) is 5.69 Å². The minimum absolute atomic E-state index is 0.0766. The van der Waals surface area contributed by atoms with Gasteiger partial charge in [0, 0.05) is 11.1 Å². The SMILES string of the molecule is CC(C)Oc1cc(Cl)ccc1-n1nccn1. The van der Waals surface area contributed by atoms with Crippen molar-refractivity contribution in [1.29, 1.82) is 0 Å². The van der Waals surface area contributed by atoms with Crippen molar-refractivity contribution in [2.24, 2.45) is 0 Å². The molecule has 0 radical (unpaired) electrons. The molecule has 0 saturated carbocycles. The first-order chi connectivity index (χ1) is 7.66. The van der Waals surface area contributed by atoms with Crippen LogP contribution in [-0.4, -0.2) is 21.1 Å². The number of rotatable bonds is 3. The van der Waals surface area contributed by atoms with Crippen molar-refractivity contribution in [2.45, 2.75) is 20.0 Å². The van der Waals surface area contributed by atoms with Gasteiger partial charge in [0.25, 0.3) is 0 Å². The van der Waals surface area contributed by atoms with Gasteiger partial charge >= 0.3 is 0 Å². The molecule has 1 aromatic carbocycles. The molecule has 0 bridgehead atoms. The molecule has 0 spiro atoms. The maximum atomic E-state index is 5.93. The summed E-state index contributed by atoms with van der Waals surface area (Å²) in [6, 6.07) is 5.38. The lowest BCUT2D eigenvalue weighted by Crippen LogP contribution is -2.09. The van der Waals surface area contributed by atoms with Gasteiger partial charge in [-0.1, -0.05) is 11.6 Å². The zero-order valence-electron chi connectivity index (χ0n) is 9.09. The van der Waals surface area contributed by atoms with E-state index in [1.54, 1.807) is 24.5 Å². The van der Waals surface area contributed by atoms with Crippen molar-refractivity contribution >= 4 is 11.6 Å². The van der Waals surface area contributed by atoms with Crippen molar-refractivity contribution in [3.63, 3.8) is 0 Å². The van der Waals surface area contributed by atoms with Gasteiger partial charge < -0.3 is 4.74 Å². The van der Waals surface area contributed by atoms with Crippen molar-refractivity contribution in [2.75, 3.05) is 0 Å². The molecular weight excluding hydrogens is 226 g/mol. The van der Waals surface area contributed by atoms with Crippen LogP contribution in [0.2, 0.25) is 5.02 Å². The monoisotopic (exact) mass is 237 g/mol. The fraction of sp³-hybridized carbons (Fsp3) is 0.273. The topological polar surface area (TPSA) is 39.9 Å². The van der Waals surface area contributed by atoms with Crippen molar-refractivity contribution in [3.05, 3.63) is 35.6 Å². The lowest BCUT2D eigenvalue weighted by atomic mass is 10.3. The molecular formula is C11H12ClN3O. The van der Waals surface area contributed by atoms with Crippen LogP contribution >= 0.6 is 11.6 Å². The van der Waals surface area contributed by atoms with E-state index in [9.17, 15) is 0 Å². The molecule has 2 rings (SSSR count). The van der Waals surface area contributed by atoms with E-state index in [2.05, 4.69) is 10.2 Å². The second-order valence-electron chi connectivity index (χ2n) is 3.60. The summed E-state index contributed by atoms with van der Waals surface area (Å²) in [6.07, 6.45) is 3.31. The third kappa shape index (κ3) is 2.33. The predicted molar refractivity (Wildman–Crippen MR) is 62.1 cm³/mol. The summed E-state index contributed by atoms with van der Waals surface area (Å²) in [6.45, 7) is 3.92. The van der Waals surface area contributed by atoms with Gasteiger partial charge in [-0.05, 0) is 26.0 Å². The molecule has 0 atom stereocenters. The Labute approximate surface area is 98.8 Å². The largest absolute Gasteiger partial charge is 0.489 e. The van der Waals surface area contributed by atoms with Crippen LogP contribution in [0.1, 0.15) is 13.8 Å². The van der Waals surface area contributed by atoms with Crippen molar-refractivity contribution in [3.8, 4) is 11.4 Å². The quantitative estimate of drug-likeness (QED) is 0.824. The Hall–Kier alpha value is -1.55. The average Bonchev–Trinajstić information content (AvgIpc) is 2.69. The Balaban J connectivity index is 2.44. The molecule has 0 aliphatic heterocycles. The Kier molecular flexibility index (Phi) is 3.10. The molecule has 0 aliphatic carbocycles. The summed E-state index contributed by atoms with van der Waals surface area (Å²) in [5, 5.41) is 8.76. The highest BCUT2D eigenvalue weighted by Crippen LogP contribution is 2.26. The fourth-order valence-corrected chi connectivity index (χ4v) is 1.50. The molecule has 0 saturated heterocycles. The highest BCUT2D eigenvalue weighted by atomic mass is 35.5. The van der Waals surface area contributed by atoms with Gasteiger partial charge in [-0.2, -0.15) is 10.2 Å². The number of nitrogens with zero attached hydrogens (tertiary/aromatic N) is 3. The second-order valence-corrected chi connectivity index (χ2v) is 4.03. The molecule has 1 heterocycles. The summed E-state index contributed by atoms with van der Waals surface area (Å²) in [5.74, 6) is 0.679. The minimum atomic E-state index is 0.0766. The highest BCUT2D eigenvalue weighted by molar-refractivity contribution is 6.30. The average molecular weight is 238 g/mol. The predicted octanol–water partition coefficient (Wildman–Crippen LogP) is 2.71. The molecule has 16 heavy (non-hydrogen) atoms. The number of aromatic nitrogens is 3. The van der Waals surface area contributed by atoms with Crippen molar-refractivity contribution < 1.29 is 4.74 Å². The van der Waals surface area contributed by atoms with Crippen LogP contribution in [0.4, 0.5) is 0 Å². The molecule has 0 N–H and O–H groups in total. The molecule has 1 aromatic heterocycles. The van der Waals surface area contributed by atoms with Crippen LogP contribution in [0, 0.1) is 0 Å². The molecule has 0 aliphatic rings. The lowest BCUT2D eigenvalue weighted by Gasteiger charge is -2.13. The molecule has 5 heteroatoms. The van der Waals surface area contributed by atoms with E-state index in [0.717, 1.165) is 5.69 Å². The number of benzene rings is 1. The Bertz CT molecular complexity index is 468. The summed E-state index contributed by atoms with van der Waals surface area (Å²) < 4.78 is 5.66. The maximum Gasteiger partial charge on any atom is 0.148 e. The number of hydrogen-bond acceptors (Lipinski definition) is 3. The first-order valence-electron chi connectivity index (χ1n) is 4.99. The van der Waals surface area contributed by atoms with E-state index in [1.165, 1.54) is 4.80 Å². The van der Waals surface area contributed by atoms with Gasteiger partial charge in [-0.25, -0.2) is 0 Å². The van der Waals surface area contributed by atoms with E-state index in [1.807, 2.05) is 19.9 Å². The fourth-order valence-electron chi connectivity index (χ4n) is 1.34. The maximum absolute atomic E-state index is 5.93. The smallest absolute Gasteiger partial charge is 0.148 e. The molecule has 4 nitrogen and oxygen atoms in total. The molecule has 0 amide bonds. The van der Waals surface area contributed by atoms with E-state index in [4.69, 9.17) is 16.3 Å². The van der Waals surface area contributed by atoms with E-state index >= 15 is 0 Å². The van der Waals surface area contributed by atoms with Gasteiger partial charge in [0.2, 0.25) is 0 Å². The summed E-state index contributed by atoms with van der Waals surface area (Å²) in [5.41, 5.74) is 0.781. The van der Waals surface area contributed by atoms with Gasteiger partial charge in [-0.3, -0.25) is 0 Å². The zero-order valence-corrected chi connectivity index (χ0v) is 9.85. The zero-order chi connectivity index (χ0) is 11.5. The Morgan fingerprint density at radius 1 is 1.25 bits per heavy atom. The standard InChI is InChI=1S/C11H12ClN3O/c1-8(2)16-11-7-9(12)3-4-10(11)15-13-5-6-14-15/h3-8H,1-2H3. The van der Waals surface area contributed by atoms with E-state index < -0.39 is 0 Å². The van der Waals surface area contributed by atoms with Crippen molar-refractivity contribution in [1.82, 2.24) is 15.0 Å². The number of halogens is 1. The second kappa shape index (κ2) is 4.53. The minimum Gasteiger partial charge on any atom is -0.489 e. The Morgan fingerprint density at radius 3 is 2.56 bits per heavy atom. The normalized spacial score (nSPS) is 10.8.